The maximum absolute atomic E-state index is 12.8. The third-order valence-electron chi connectivity index (χ3n) is 6.18. The van der Waals surface area contributed by atoms with Crippen molar-refractivity contribution in [3.63, 3.8) is 0 Å². The molecule has 0 saturated heterocycles. The van der Waals surface area contributed by atoms with E-state index in [-0.39, 0.29) is 5.97 Å². The third kappa shape index (κ3) is 5.20. The Morgan fingerprint density at radius 2 is 1.81 bits per heavy atom. The molecule has 1 aliphatic carbocycles. The van der Waals surface area contributed by atoms with Crippen molar-refractivity contribution in [1.29, 1.82) is 0 Å². The van der Waals surface area contributed by atoms with Gasteiger partial charge in [0.25, 0.3) is 0 Å². The second kappa shape index (κ2) is 11.1. The summed E-state index contributed by atoms with van der Waals surface area (Å²) in [5.74, 6) is -0.280. The minimum atomic E-state index is -0.280. The normalized spacial score (nSPS) is 12.6. The number of nitrogens with zero attached hydrogens (tertiary/aromatic N) is 2. The molecule has 0 saturated carbocycles. The molecule has 2 aromatic carbocycles. The van der Waals surface area contributed by atoms with Gasteiger partial charge in [-0.1, -0.05) is 48.5 Å². The molecule has 8 heteroatoms. The molecule has 1 aliphatic rings. The van der Waals surface area contributed by atoms with E-state index in [1.54, 1.807) is 11.3 Å². The van der Waals surface area contributed by atoms with Gasteiger partial charge in [0.2, 0.25) is 0 Å². The lowest BCUT2D eigenvalue weighted by Gasteiger charge is -2.13. The number of thiocarbonyl (C=S) groups is 1. The fraction of sp³-hybridized carbons (Fsp3) is 0.250. The summed E-state index contributed by atoms with van der Waals surface area (Å²) in [6.45, 7) is 2.66. The van der Waals surface area contributed by atoms with Crippen LogP contribution in [0.25, 0.3) is 16.9 Å². The Morgan fingerprint density at radius 3 is 2.56 bits per heavy atom. The molecule has 2 N–H and O–H groups in total. The largest absolute Gasteiger partial charge is 0.462 e. The summed E-state index contributed by atoms with van der Waals surface area (Å²) in [6.07, 6.45) is 6.16. The number of hydrogen-bond acceptors (Lipinski definition) is 5. The van der Waals surface area contributed by atoms with Crippen molar-refractivity contribution in [3.05, 3.63) is 88.4 Å². The van der Waals surface area contributed by atoms with E-state index in [1.807, 2.05) is 66.3 Å². The van der Waals surface area contributed by atoms with Gasteiger partial charge < -0.3 is 15.4 Å². The zero-order chi connectivity index (χ0) is 24.9. The predicted molar refractivity (Wildman–Crippen MR) is 149 cm³/mol. The number of anilines is 1. The molecule has 0 bridgehead atoms. The molecule has 0 spiro atoms. The minimum absolute atomic E-state index is 0.280. The molecule has 0 amide bonds. The molecule has 0 unspecified atom stereocenters. The number of para-hydroxylation sites is 1. The number of aryl methyl sites for hydroxylation is 1. The molecule has 36 heavy (non-hydrogen) atoms. The smallest absolute Gasteiger partial charge is 0.341 e. The van der Waals surface area contributed by atoms with Gasteiger partial charge in [0.1, 0.15) is 5.00 Å². The summed E-state index contributed by atoms with van der Waals surface area (Å²) in [5, 5.41) is 12.7. The van der Waals surface area contributed by atoms with Gasteiger partial charge in [0.05, 0.1) is 23.6 Å². The molecule has 0 fully saturated rings. The molecule has 184 valence electrons. The van der Waals surface area contributed by atoms with Gasteiger partial charge in [-0.05, 0) is 62.5 Å². The molecule has 0 aliphatic heterocycles. The topological polar surface area (TPSA) is 68.2 Å². The summed E-state index contributed by atoms with van der Waals surface area (Å²) < 4.78 is 7.26. The Balaban J connectivity index is 1.37. The van der Waals surface area contributed by atoms with Crippen LogP contribution in [0.15, 0.2) is 66.9 Å². The van der Waals surface area contributed by atoms with E-state index >= 15 is 0 Å². The van der Waals surface area contributed by atoms with E-state index < -0.39 is 0 Å². The Labute approximate surface area is 220 Å². The fourth-order valence-electron chi connectivity index (χ4n) is 4.49. The summed E-state index contributed by atoms with van der Waals surface area (Å²) >= 11 is 7.26. The van der Waals surface area contributed by atoms with E-state index in [4.69, 9.17) is 22.1 Å². The predicted octanol–water partition coefficient (Wildman–Crippen LogP) is 6.14. The Kier molecular flexibility index (Phi) is 7.44. The number of hydrogen-bond donors (Lipinski definition) is 2. The van der Waals surface area contributed by atoms with Crippen LogP contribution in [0.2, 0.25) is 0 Å². The summed E-state index contributed by atoms with van der Waals surface area (Å²) in [7, 11) is 0. The number of nitrogens with one attached hydrogen (secondary N) is 2. The zero-order valence-electron chi connectivity index (χ0n) is 20.1. The molecule has 0 atom stereocenters. The van der Waals surface area contributed by atoms with E-state index in [9.17, 15) is 4.79 Å². The molecule has 5 rings (SSSR count). The third-order valence-corrected chi connectivity index (χ3v) is 7.63. The second-order valence-corrected chi connectivity index (χ2v) is 10.1. The van der Waals surface area contributed by atoms with E-state index in [0.29, 0.717) is 23.8 Å². The molecular formula is C28H28N4O2S2. The molecular weight excluding hydrogens is 488 g/mol. The van der Waals surface area contributed by atoms with Crippen LogP contribution in [0.3, 0.4) is 0 Å². The lowest BCUT2D eigenvalue weighted by molar-refractivity contribution is 0.0526. The number of rotatable bonds is 7. The molecule has 4 aromatic rings. The first kappa shape index (κ1) is 24.2. The summed E-state index contributed by atoms with van der Waals surface area (Å²) in [6, 6.07) is 20.2. The van der Waals surface area contributed by atoms with Crippen LogP contribution in [-0.2, 0) is 24.1 Å². The maximum Gasteiger partial charge on any atom is 0.341 e. The molecule has 6 nitrogen and oxygen atoms in total. The Bertz CT molecular complexity index is 1360. The van der Waals surface area contributed by atoms with Crippen molar-refractivity contribution in [2.45, 2.75) is 39.2 Å². The highest BCUT2D eigenvalue weighted by Gasteiger charge is 2.26. The van der Waals surface area contributed by atoms with E-state index in [0.717, 1.165) is 58.8 Å². The van der Waals surface area contributed by atoms with Crippen LogP contribution in [0.5, 0.6) is 0 Å². The first-order chi connectivity index (χ1) is 17.6. The Morgan fingerprint density at radius 1 is 1.08 bits per heavy atom. The van der Waals surface area contributed by atoms with Crippen LogP contribution < -0.4 is 10.6 Å². The fourth-order valence-corrected chi connectivity index (χ4v) is 6.01. The van der Waals surface area contributed by atoms with E-state index in [2.05, 4.69) is 22.8 Å². The highest BCUT2D eigenvalue weighted by atomic mass is 32.1. The number of benzene rings is 2. The van der Waals surface area contributed by atoms with Gasteiger partial charge in [-0.15, -0.1) is 11.3 Å². The maximum atomic E-state index is 12.8. The van der Waals surface area contributed by atoms with Crippen molar-refractivity contribution in [3.8, 4) is 16.9 Å². The number of carbonyl (C=O) groups excluding carboxylic acids is 1. The van der Waals surface area contributed by atoms with Crippen LogP contribution in [-0.4, -0.2) is 27.5 Å². The number of fused-ring (bicyclic) bond motifs is 1. The van der Waals surface area contributed by atoms with Crippen molar-refractivity contribution in [2.75, 3.05) is 11.9 Å². The summed E-state index contributed by atoms with van der Waals surface area (Å²) in [4.78, 5) is 14.0. The minimum Gasteiger partial charge on any atom is -0.462 e. The molecule has 2 heterocycles. The monoisotopic (exact) mass is 516 g/mol. The lowest BCUT2D eigenvalue weighted by Crippen LogP contribution is -2.28. The number of ether oxygens (including phenoxy) is 1. The SMILES string of the molecule is CCOC(=O)c1c(NC(=S)NCc2cn(-c3ccccc3)nc2-c2ccccc2)sc2c1CCCC2. The number of carbonyl (C=O) groups is 1. The van der Waals surface area contributed by atoms with Gasteiger partial charge in [-0.3, -0.25) is 0 Å². The Hall–Kier alpha value is -3.49. The highest BCUT2D eigenvalue weighted by Crippen LogP contribution is 2.38. The van der Waals surface area contributed by atoms with Crippen molar-refractivity contribution in [2.24, 2.45) is 0 Å². The van der Waals surface area contributed by atoms with Crippen LogP contribution in [0.4, 0.5) is 5.00 Å². The first-order valence-electron chi connectivity index (χ1n) is 12.2. The second-order valence-electron chi connectivity index (χ2n) is 8.59. The van der Waals surface area contributed by atoms with Gasteiger partial charge in [0, 0.05) is 28.7 Å². The summed E-state index contributed by atoms with van der Waals surface area (Å²) in [5.41, 5.74) is 5.70. The quantitative estimate of drug-likeness (QED) is 0.227. The number of thiophene rings is 1. The van der Waals surface area contributed by atoms with Crippen molar-refractivity contribution < 1.29 is 9.53 Å². The van der Waals surface area contributed by atoms with Gasteiger partial charge in [-0.2, -0.15) is 5.10 Å². The number of aromatic nitrogens is 2. The van der Waals surface area contributed by atoms with Gasteiger partial charge in [0.15, 0.2) is 5.11 Å². The van der Waals surface area contributed by atoms with Crippen molar-refractivity contribution >= 4 is 39.6 Å². The van der Waals surface area contributed by atoms with Gasteiger partial charge in [-0.25, -0.2) is 9.48 Å². The van der Waals surface area contributed by atoms with Crippen LogP contribution in [0, 0.1) is 0 Å². The standard InChI is InChI=1S/C28H28N4O2S2/c1-2-34-27(33)24-22-15-9-10-16-23(22)36-26(24)30-28(35)29-17-20-18-32(21-13-7-4-8-14-21)31-25(20)19-11-5-3-6-12-19/h3-8,11-14,18H,2,9-10,15-17H2,1H3,(H2,29,30,35). The number of esters is 1. The lowest BCUT2D eigenvalue weighted by atomic mass is 9.95. The van der Waals surface area contributed by atoms with Crippen LogP contribution in [0.1, 0.15) is 46.1 Å². The van der Waals surface area contributed by atoms with Gasteiger partial charge >= 0.3 is 5.97 Å². The molecule has 0 radical (unpaired) electrons. The zero-order valence-corrected chi connectivity index (χ0v) is 21.8. The molecule has 2 aromatic heterocycles. The average Bonchev–Trinajstić information content (AvgIpc) is 3.50. The van der Waals surface area contributed by atoms with E-state index in [1.165, 1.54) is 4.88 Å². The highest BCUT2D eigenvalue weighted by molar-refractivity contribution is 7.80. The van der Waals surface area contributed by atoms with Crippen LogP contribution >= 0.6 is 23.6 Å². The first-order valence-corrected chi connectivity index (χ1v) is 13.4. The van der Waals surface area contributed by atoms with Crippen molar-refractivity contribution in [1.82, 2.24) is 15.1 Å². The average molecular weight is 517 g/mol.